The van der Waals surface area contributed by atoms with Crippen molar-refractivity contribution in [3.63, 3.8) is 0 Å². The molecule has 114 valence electrons. The molecule has 0 bridgehead atoms. The van der Waals surface area contributed by atoms with Crippen molar-refractivity contribution < 1.29 is 22.0 Å². The number of sulfonamides is 1. The summed E-state index contributed by atoms with van der Waals surface area (Å²) in [4.78, 5) is 0.154. The molecule has 0 fully saturated rings. The van der Waals surface area contributed by atoms with Gasteiger partial charge in [0.2, 0.25) is 10.0 Å². The molecule has 0 saturated carbocycles. The Labute approximate surface area is 124 Å². The van der Waals surface area contributed by atoms with Crippen molar-refractivity contribution in [1.82, 2.24) is 4.72 Å². The van der Waals surface area contributed by atoms with Crippen LogP contribution in [0.3, 0.4) is 0 Å². The van der Waals surface area contributed by atoms with Crippen LogP contribution in [0.1, 0.15) is 13.8 Å². The molecule has 1 aromatic rings. The smallest absolute Gasteiger partial charge is 0.380 e. The molecule has 0 spiro atoms. The maximum absolute atomic E-state index is 11.9. The molecule has 0 unspecified atom stereocenters. The van der Waals surface area contributed by atoms with Gasteiger partial charge in [-0.25, -0.2) is 13.1 Å². The van der Waals surface area contributed by atoms with E-state index in [1.165, 1.54) is 38.5 Å². The first-order chi connectivity index (χ1) is 9.22. The first kappa shape index (κ1) is 17.6. The Morgan fingerprint density at radius 2 is 1.65 bits per heavy atom. The number of benzene rings is 1. The van der Waals surface area contributed by atoms with Gasteiger partial charge >= 0.3 is 6.72 Å². The zero-order chi connectivity index (χ0) is 15.4. The normalized spacial score (nSPS) is 12.7. The van der Waals surface area contributed by atoms with E-state index in [-0.39, 0.29) is 10.9 Å². The Bertz CT molecular complexity index is 577. The molecule has 0 aromatic heterocycles. The summed E-state index contributed by atoms with van der Waals surface area (Å²) in [6.45, 7) is 0.691. The van der Waals surface area contributed by atoms with E-state index in [0.717, 1.165) is 0 Å². The molecule has 1 rings (SSSR count). The van der Waals surface area contributed by atoms with E-state index in [1.807, 2.05) is 0 Å². The van der Waals surface area contributed by atoms with Gasteiger partial charge in [-0.3, -0.25) is 0 Å². The summed E-state index contributed by atoms with van der Waals surface area (Å²) < 4.78 is 41.8. The Balaban J connectivity index is 2.92. The summed E-state index contributed by atoms with van der Waals surface area (Å²) in [6.07, 6.45) is 0. The minimum atomic E-state index is -3.52. The molecule has 1 aromatic carbocycles. The zero-order valence-electron chi connectivity index (χ0n) is 11.7. The highest BCUT2D eigenvalue weighted by atomic mass is 32.5. The third kappa shape index (κ3) is 4.80. The molecule has 0 aliphatic rings. The van der Waals surface area contributed by atoms with Crippen LogP contribution >= 0.6 is 6.72 Å². The van der Waals surface area contributed by atoms with Crippen LogP contribution in [0.15, 0.2) is 29.2 Å². The fourth-order valence-electron chi connectivity index (χ4n) is 1.34. The summed E-state index contributed by atoms with van der Waals surface area (Å²) in [7, 11) is -0.719. The minimum Gasteiger partial charge on any atom is -0.424 e. The predicted molar refractivity (Wildman–Crippen MR) is 80.8 cm³/mol. The molecule has 0 amide bonds. The Kier molecular flexibility index (Phi) is 6.12. The van der Waals surface area contributed by atoms with Gasteiger partial charge in [0.15, 0.2) is 0 Å². The van der Waals surface area contributed by atoms with E-state index < -0.39 is 16.7 Å². The van der Waals surface area contributed by atoms with Crippen molar-refractivity contribution >= 4 is 28.5 Å². The highest BCUT2D eigenvalue weighted by Gasteiger charge is 2.19. The van der Waals surface area contributed by atoms with Gasteiger partial charge in [-0.1, -0.05) is 0 Å². The lowest BCUT2D eigenvalue weighted by molar-refractivity contribution is 0.273. The lowest BCUT2D eigenvalue weighted by atomic mass is 10.3. The second-order valence-corrected chi connectivity index (χ2v) is 9.01. The largest absolute Gasteiger partial charge is 0.424 e. The van der Waals surface area contributed by atoms with Crippen LogP contribution in [-0.2, 0) is 30.9 Å². The summed E-state index contributed by atoms with van der Waals surface area (Å²) >= 11 is 5.06. The summed E-state index contributed by atoms with van der Waals surface area (Å²) in [5.74, 6) is 0.389. The predicted octanol–water partition coefficient (Wildman–Crippen LogP) is 2.27. The summed E-state index contributed by atoms with van der Waals surface area (Å²) in [6, 6.07) is 5.71. The molecule has 0 aliphatic heterocycles. The average Bonchev–Trinajstić information content (AvgIpc) is 2.38. The first-order valence-corrected chi connectivity index (χ1v) is 9.80. The van der Waals surface area contributed by atoms with E-state index in [2.05, 4.69) is 4.72 Å². The van der Waals surface area contributed by atoms with E-state index >= 15 is 0 Å². The van der Waals surface area contributed by atoms with Gasteiger partial charge in [-0.15, -0.1) is 0 Å². The van der Waals surface area contributed by atoms with Gasteiger partial charge in [-0.2, -0.15) is 0 Å². The zero-order valence-corrected chi connectivity index (χ0v) is 14.2. The third-order valence-electron chi connectivity index (χ3n) is 2.19. The van der Waals surface area contributed by atoms with Crippen LogP contribution in [0.25, 0.3) is 0 Å². The lowest BCUT2D eigenvalue weighted by Crippen LogP contribution is -2.30. The van der Waals surface area contributed by atoms with Gasteiger partial charge < -0.3 is 13.6 Å². The van der Waals surface area contributed by atoms with E-state index in [0.29, 0.717) is 5.75 Å². The quantitative estimate of drug-likeness (QED) is 0.768. The molecule has 6 nitrogen and oxygen atoms in total. The van der Waals surface area contributed by atoms with Gasteiger partial charge in [0.25, 0.3) is 0 Å². The Hall–Kier alpha value is -0.500. The lowest BCUT2D eigenvalue weighted by Gasteiger charge is -2.18. The monoisotopic (exact) mass is 339 g/mol. The van der Waals surface area contributed by atoms with Crippen molar-refractivity contribution in [3.8, 4) is 5.75 Å². The number of hydrogen-bond donors (Lipinski definition) is 1. The third-order valence-corrected chi connectivity index (χ3v) is 6.31. The van der Waals surface area contributed by atoms with Crippen molar-refractivity contribution in [2.75, 3.05) is 14.2 Å². The Morgan fingerprint density at radius 1 is 1.15 bits per heavy atom. The first-order valence-electron chi connectivity index (χ1n) is 5.76. The maximum Gasteiger partial charge on any atom is 0.380 e. The van der Waals surface area contributed by atoms with Crippen molar-refractivity contribution in [2.24, 2.45) is 0 Å². The van der Waals surface area contributed by atoms with Crippen LogP contribution in [-0.4, -0.2) is 28.7 Å². The molecule has 0 aliphatic carbocycles. The topological polar surface area (TPSA) is 73.9 Å². The highest BCUT2D eigenvalue weighted by molar-refractivity contribution is 8.07. The molecule has 0 radical (unpaired) electrons. The second-order valence-electron chi connectivity index (χ2n) is 4.15. The van der Waals surface area contributed by atoms with Crippen LogP contribution in [0, 0.1) is 0 Å². The molecule has 0 heterocycles. The van der Waals surface area contributed by atoms with Gasteiger partial charge in [0.1, 0.15) is 5.75 Å². The molecular formula is C11H18NO5PS2. The maximum atomic E-state index is 11.9. The molecule has 9 heteroatoms. The molecule has 0 atom stereocenters. The van der Waals surface area contributed by atoms with Crippen molar-refractivity contribution in [1.29, 1.82) is 0 Å². The highest BCUT2D eigenvalue weighted by Crippen LogP contribution is 2.48. The second kappa shape index (κ2) is 6.98. The van der Waals surface area contributed by atoms with E-state index in [4.69, 9.17) is 25.4 Å². The number of rotatable bonds is 7. The molecular weight excluding hydrogens is 321 g/mol. The van der Waals surface area contributed by atoms with Crippen LogP contribution in [0.4, 0.5) is 0 Å². The van der Waals surface area contributed by atoms with Gasteiger partial charge in [0, 0.05) is 32.1 Å². The van der Waals surface area contributed by atoms with Crippen LogP contribution < -0.4 is 9.25 Å². The molecule has 1 N–H and O–H groups in total. The number of hydrogen-bond acceptors (Lipinski definition) is 6. The fraction of sp³-hybridized carbons (Fsp3) is 0.455. The summed E-state index contributed by atoms with van der Waals surface area (Å²) in [5.41, 5.74) is 0. The van der Waals surface area contributed by atoms with Gasteiger partial charge in [0.05, 0.1) is 4.90 Å². The molecule has 20 heavy (non-hydrogen) atoms. The van der Waals surface area contributed by atoms with Crippen LogP contribution in [0.5, 0.6) is 5.75 Å². The van der Waals surface area contributed by atoms with Crippen molar-refractivity contribution in [2.45, 2.75) is 24.8 Å². The molecule has 0 saturated heterocycles. The van der Waals surface area contributed by atoms with Gasteiger partial charge in [-0.05, 0) is 38.1 Å². The Morgan fingerprint density at radius 3 is 2.05 bits per heavy atom. The average molecular weight is 339 g/mol. The van der Waals surface area contributed by atoms with Crippen LogP contribution in [0.2, 0.25) is 0 Å². The minimum absolute atomic E-state index is 0.154. The SMILES string of the molecule is COP(=S)(OC)Oc1ccc(S(=O)(=O)NC(C)C)cc1. The standard InChI is InChI=1S/C11H18NO5PS2/c1-9(2)12-20(13,14)11-7-5-10(6-8-11)17-18(19,15-3)16-4/h5-9,12H,1-4H3. The summed E-state index contributed by atoms with van der Waals surface area (Å²) in [5, 5.41) is 0. The number of nitrogens with one attached hydrogen (secondary N) is 1. The fourth-order valence-corrected chi connectivity index (χ4v) is 3.52. The van der Waals surface area contributed by atoms with E-state index in [9.17, 15) is 8.42 Å². The van der Waals surface area contributed by atoms with E-state index in [1.54, 1.807) is 13.8 Å². The van der Waals surface area contributed by atoms with Crippen molar-refractivity contribution in [3.05, 3.63) is 24.3 Å².